The molecule has 0 aliphatic heterocycles. The number of nitrogens with zero attached hydrogens (tertiary/aromatic N) is 1. The fraction of sp³-hybridized carbons (Fsp3) is 0.700. The molecule has 0 amide bonds. The van der Waals surface area contributed by atoms with E-state index in [1.807, 2.05) is 23.3 Å². The van der Waals surface area contributed by atoms with Gasteiger partial charge in [-0.15, -0.1) is 11.3 Å². The zero-order chi connectivity index (χ0) is 10.4. The number of rotatable bonds is 6. The SMILES string of the molecule is CC(CNC(C)C)CSc1nccs1. The van der Waals surface area contributed by atoms with Gasteiger partial charge in [-0.05, 0) is 12.5 Å². The molecule has 0 aliphatic carbocycles. The molecule has 0 bridgehead atoms. The van der Waals surface area contributed by atoms with E-state index in [1.165, 1.54) is 4.34 Å². The normalized spacial score (nSPS) is 13.4. The summed E-state index contributed by atoms with van der Waals surface area (Å²) in [6.07, 6.45) is 1.87. The van der Waals surface area contributed by atoms with Crippen molar-refractivity contribution in [3.63, 3.8) is 0 Å². The van der Waals surface area contributed by atoms with Crippen LogP contribution in [0.3, 0.4) is 0 Å². The second kappa shape index (κ2) is 6.43. The lowest BCUT2D eigenvalue weighted by Crippen LogP contribution is -2.28. The number of thiazole rings is 1. The molecule has 14 heavy (non-hydrogen) atoms. The summed E-state index contributed by atoms with van der Waals surface area (Å²) in [4.78, 5) is 4.24. The van der Waals surface area contributed by atoms with Crippen molar-refractivity contribution in [1.82, 2.24) is 10.3 Å². The molecule has 80 valence electrons. The molecule has 1 atom stereocenters. The first-order valence-corrected chi connectivity index (χ1v) is 6.80. The lowest BCUT2D eigenvalue weighted by molar-refractivity contribution is 0.510. The molecule has 0 radical (unpaired) electrons. The molecule has 0 aromatic carbocycles. The second-order valence-electron chi connectivity index (χ2n) is 3.78. The minimum atomic E-state index is 0.585. The van der Waals surface area contributed by atoms with Crippen molar-refractivity contribution in [2.75, 3.05) is 12.3 Å². The molecule has 2 nitrogen and oxygen atoms in total. The predicted molar refractivity (Wildman–Crippen MR) is 65.1 cm³/mol. The third kappa shape index (κ3) is 4.98. The van der Waals surface area contributed by atoms with Gasteiger partial charge in [-0.25, -0.2) is 4.98 Å². The molecule has 4 heteroatoms. The van der Waals surface area contributed by atoms with E-state index in [0.717, 1.165) is 12.3 Å². The fourth-order valence-electron chi connectivity index (χ4n) is 0.991. The molecule has 1 unspecified atom stereocenters. The Hall–Kier alpha value is -0.0600. The van der Waals surface area contributed by atoms with Gasteiger partial charge in [0.1, 0.15) is 4.34 Å². The van der Waals surface area contributed by atoms with E-state index in [9.17, 15) is 0 Å². The third-order valence-electron chi connectivity index (χ3n) is 1.78. The largest absolute Gasteiger partial charge is 0.314 e. The number of thioether (sulfide) groups is 1. The van der Waals surface area contributed by atoms with Gasteiger partial charge in [0.25, 0.3) is 0 Å². The van der Waals surface area contributed by atoms with Crippen LogP contribution in [0, 0.1) is 5.92 Å². The van der Waals surface area contributed by atoms with Gasteiger partial charge in [-0.3, -0.25) is 0 Å². The Labute approximate surface area is 94.5 Å². The second-order valence-corrected chi connectivity index (χ2v) is 5.94. The topological polar surface area (TPSA) is 24.9 Å². The summed E-state index contributed by atoms with van der Waals surface area (Å²) in [5.41, 5.74) is 0. The minimum absolute atomic E-state index is 0.585. The van der Waals surface area contributed by atoms with E-state index in [4.69, 9.17) is 0 Å². The van der Waals surface area contributed by atoms with Gasteiger partial charge in [0, 0.05) is 23.4 Å². The average Bonchev–Trinajstić information content (AvgIpc) is 2.63. The van der Waals surface area contributed by atoms with Crippen LogP contribution in [0.15, 0.2) is 15.9 Å². The van der Waals surface area contributed by atoms with Crippen LogP contribution >= 0.6 is 23.1 Å². The quantitative estimate of drug-likeness (QED) is 0.761. The van der Waals surface area contributed by atoms with Gasteiger partial charge in [0.05, 0.1) is 0 Å². The van der Waals surface area contributed by atoms with Gasteiger partial charge >= 0.3 is 0 Å². The molecule has 1 aromatic rings. The Morgan fingerprint density at radius 2 is 2.29 bits per heavy atom. The fourth-order valence-corrected chi connectivity index (χ4v) is 2.67. The molecular weight excluding hydrogens is 212 g/mol. The zero-order valence-electron chi connectivity index (χ0n) is 8.99. The monoisotopic (exact) mass is 230 g/mol. The van der Waals surface area contributed by atoms with Gasteiger partial charge in [0.2, 0.25) is 0 Å². The van der Waals surface area contributed by atoms with Crippen molar-refractivity contribution in [3.05, 3.63) is 11.6 Å². The van der Waals surface area contributed by atoms with E-state index in [-0.39, 0.29) is 0 Å². The van der Waals surface area contributed by atoms with Crippen molar-refractivity contribution in [2.45, 2.75) is 31.2 Å². The van der Waals surface area contributed by atoms with Crippen LogP contribution in [0.25, 0.3) is 0 Å². The molecule has 1 rings (SSSR count). The molecule has 0 spiro atoms. The van der Waals surface area contributed by atoms with E-state index >= 15 is 0 Å². The van der Waals surface area contributed by atoms with E-state index < -0.39 is 0 Å². The van der Waals surface area contributed by atoms with Crippen molar-refractivity contribution < 1.29 is 0 Å². The van der Waals surface area contributed by atoms with Gasteiger partial charge in [0.15, 0.2) is 0 Å². The third-order valence-corrected chi connectivity index (χ3v) is 4.07. The smallest absolute Gasteiger partial charge is 0.149 e. The molecule has 0 saturated carbocycles. The van der Waals surface area contributed by atoms with Gasteiger partial charge in [-0.2, -0.15) is 0 Å². The highest BCUT2D eigenvalue weighted by Gasteiger charge is 2.04. The molecule has 0 saturated heterocycles. The van der Waals surface area contributed by atoms with Gasteiger partial charge in [-0.1, -0.05) is 32.5 Å². The van der Waals surface area contributed by atoms with Crippen LogP contribution < -0.4 is 5.32 Å². The van der Waals surface area contributed by atoms with Crippen molar-refractivity contribution in [3.8, 4) is 0 Å². The Morgan fingerprint density at radius 3 is 2.86 bits per heavy atom. The number of aromatic nitrogens is 1. The Bertz CT molecular complexity index is 234. The molecule has 1 aromatic heterocycles. The Kier molecular flexibility index (Phi) is 5.52. The maximum absolute atomic E-state index is 4.24. The molecular formula is C10H18N2S2. The summed E-state index contributed by atoms with van der Waals surface area (Å²) < 4.78 is 1.18. The summed E-state index contributed by atoms with van der Waals surface area (Å²) in [6, 6.07) is 0.585. The van der Waals surface area contributed by atoms with Crippen molar-refractivity contribution in [2.24, 2.45) is 5.92 Å². The van der Waals surface area contributed by atoms with Crippen LogP contribution in [-0.2, 0) is 0 Å². The molecule has 1 N–H and O–H groups in total. The summed E-state index contributed by atoms with van der Waals surface area (Å²) in [5.74, 6) is 1.85. The van der Waals surface area contributed by atoms with E-state index in [2.05, 4.69) is 31.1 Å². The molecule has 0 fully saturated rings. The number of nitrogens with one attached hydrogen (secondary N) is 1. The average molecular weight is 230 g/mol. The Morgan fingerprint density at radius 1 is 1.50 bits per heavy atom. The lowest BCUT2D eigenvalue weighted by atomic mass is 10.2. The lowest BCUT2D eigenvalue weighted by Gasteiger charge is -2.13. The molecule has 0 aliphatic rings. The first-order valence-electron chi connectivity index (χ1n) is 4.94. The first kappa shape index (κ1) is 12.0. The summed E-state index contributed by atoms with van der Waals surface area (Å²) in [6.45, 7) is 7.73. The number of hydrogen-bond donors (Lipinski definition) is 1. The van der Waals surface area contributed by atoms with Crippen molar-refractivity contribution in [1.29, 1.82) is 0 Å². The summed E-state index contributed by atoms with van der Waals surface area (Å²) in [5, 5.41) is 5.47. The standard InChI is InChI=1S/C10H18N2S2/c1-8(2)12-6-9(3)7-14-10-11-4-5-13-10/h4-5,8-9,12H,6-7H2,1-3H3. The van der Waals surface area contributed by atoms with Crippen LogP contribution in [0.1, 0.15) is 20.8 Å². The Balaban J connectivity index is 2.12. The minimum Gasteiger partial charge on any atom is -0.314 e. The highest BCUT2D eigenvalue weighted by Crippen LogP contribution is 2.22. The van der Waals surface area contributed by atoms with Crippen molar-refractivity contribution >= 4 is 23.1 Å². The highest BCUT2D eigenvalue weighted by atomic mass is 32.2. The zero-order valence-corrected chi connectivity index (χ0v) is 10.6. The first-order chi connectivity index (χ1) is 6.68. The number of hydrogen-bond acceptors (Lipinski definition) is 4. The van der Waals surface area contributed by atoms with Crippen LogP contribution in [-0.4, -0.2) is 23.3 Å². The van der Waals surface area contributed by atoms with E-state index in [1.54, 1.807) is 11.3 Å². The van der Waals surface area contributed by atoms with Crippen LogP contribution in [0.5, 0.6) is 0 Å². The summed E-state index contributed by atoms with van der Waals surface area (Å²) in [7, 11) is 0. The predicted octanol–water partition coefficient (Wildman–Crippen LogP) is 2.87. The molecule has 1 heterocycles. The maximum atomic E-state index is 4.24. The van der Waals surface area contributed by atoms with Crippen LogP contribution in [0.2, 0.25) is 0 Å². The highest BCUT2D eigenvalue weighted by molar-refractivity contribution is 8.01. The van der Waals surface area contributed by atoms with Gasteiger partial charge < -0.3 is 5.32 Å². The maximum Gasteiger partial charge on any atom is 0.149 e. The van der Waals surface area contributed by atoms with Crippen LogP contribution in [0.4, 0.5) is 0 Å². The summed E-state index contributed by atoms with van der Waals surface area (Å²) >= 11 is 3.58. The van der Waals surface area contributed by atoms with E-state index in [0.29, 0.717) is 12.0 Å².